The number of benzene rings is 1. The van der Waals surface area contributed by atoms with Crippen LogP contribution in [0.3, 0.4) is 0 Å². The molecule has 0 unspecified atom stereocenters. The van der Waals surface area contributed by atoms with E-state index < -0.39 is 28.4 Å². The van der Waals surface area contributed by atoms with Crippen molar-refractivity contribution in [3.63, 3.8) is 0 Å². The van der Waals surface area contributed by atoms with Gasteiger partial charge in [0.25, 0.3) is 0 Å². The van der Waals surface area contributed by atoms with Gasteiger partial charge in [-0.05, 0) is 44.9 Å². The Morgan fingerprint density at radius 2 is 1.64 bits per heavy atom. The molecule has 0 N–H and O–H groups in total. The van der Waals surface area contributed by atoms with E-state index in [1.165, 1.54) is 17.0 Å². The van der Waals surface area contributed by atoms with Gasteiger partial charge in [0.1, 0.15) is 11.4 Å². The highest BCUT2D eigenvalue weighted by Crippen LogP contribution is 2.40. The molecule has 0 spiro atoms. The van der Waals surface area contributed by atoms with Crippen LogP contribution in [0.25, 0.3) is 0 Å². The second kappa shape index (κ2) is 7.80. The quantitative estimate of drug-likeness (QED) is 0.468. The van der Waals surface area contributed by atoms with Crippen LogP contribution in [0.15, 0.2) is 24.3 Å². The number of rotatable bonds is 6. The van der Waals surface area contributed by atoms with Gasteiger partial charge in [-0.1, -0.05) is 12.1 Å². The summed E-state index contributed by atoms with van der Waals surface area (Å²) in [6.07, 6.45) is -4.72. The summed E-state index contributed by atoms with van der Waals surface area (Å²) >= 11 is 1.59. The molecule has 1 aromatic carbocycles. The zero-order valence-electron chi connectivity index (χ0n) is 14.3. The smallest absolute Gasteiger partial charge is 0.444 e. The van der Waals surface area contributed by atoms with Gasteiger partial charge in [0.05, 0.1) is 0 Å². The Bertz CT molecular complexity index is 583. The van der Waals surface area contributed by atoms with Crippen molar-refractivity contribution in [2.24, 2.45) is 0 Å². The van der Waals surface area contributed by atoms with Gasteiger partial charge in [0.15, 0.2) is 0 Å². The Morgan fingerprint density at radius 3 is 2.08 bits per heavy atom. The molecule has 142 valence electrons. The number of carbonyl (C=O) groups excluding carboxylic acids is 1. The van der Waals surface area contributed by atoms with Crippen LogP contribution in [0.1, 0.15) is 26.3 Å². The number of ether oxygens (including phenoxy) is 2. The fourth-order valence-electron chi connectivity index (χ4n) is 1.66. The van der Waals surface area contributed by atoms with Crippen molar-refractivity contribution in [1.82, 2.24) is 4.90 Å². The lowest BCUT2D eigenvalue weighted by Gasteiger charge is -2.24. The van der Waals surface area contributed by atoms with Crippen LogP contribution in [0.5, 0.6) is 5.75 Å². The molecule has 0 radical (unpaired) electrons. The molecular formula is C16H20BrF4NO3. The lowest BCUT2D eigenvalue weighted by atomic mass is 10.1. The third-order valence-corrected chi connectivity index (χ3v) is 3.40. The second-order valence-corrected chi connectivity index (χ2v) is 7.41. The minimum Gasteiger partial charge on any atom is -0.444 e. The van der Waals surface area contributed by atoms with Crippen LogP contribution in [0.2, 0.25) is 0 Å². The number of alkyl halides is 5. The molecule has 0 atom stereocenters. The predicted octanol–water partition coefficient (Wildman–Crippen LogP) is 5.06. The van der Waals surface area contributed by atoms with Gasteiger partial charge in [0, 0.05) is 29.5 Å². The Labute approximate surface area is 152 Å². The SMILES string of the molecule is CN(CCc1ccc(OC(F)(F)C(F)(F)Br)cc1)C(=O)OC(C)(C)C. The van der Waals surface area contributed by atoms with Crippen molar-refractivity contribution in [3.8, 4) is 5.75 Å². The van der Waals surface area contributed by atoms with Gasteiger partial charge in [-0.2, -0.15) is 17.6 Å². The summed E-state index contributed by atoms with van der Waals surface area (Å²) in [6.45, 7) is 5.60. The maximum absolute atomic E-state index is 13.1. The molecule has 0 aromatic heterocycles. The molecule has 1 amide bonds. The first-order chi connectivity index (χ1) is 11.2. The molecule has 1 rings (SSSR count). The standard InChI is InChI=1S/C16H20BrF4NO3/c1-14(2,3)25-13(23)22(4)10-9-11-5-7-12(8-6-11)24-16(20,21)15(17,18)19/h5-8H,9-10H2,1-4H3. The van der Waals surface area contributed by atoms with Gasteiger partial charge in [0.2, 0.25) is 0 Å². The largest absolute Gasteiger partial charge is 0.475 e. The highest BCUT2D eigenvalue weighted by molar-refractivity contribution is 9.10. The average molecular weight is 430 g/mol. The highest BCUT2D eigenvalue weighted by atomic mass is 79.9. The molecule has 0 heterocycles. The second-order valence-electron chi connectivity index (χ2n) is 6.41. The lowest BCUT2D eigenvalue weighted by molar-refractivity contribution is -0.266. The summed E-state index contributed by atoms with van der Waals surface area (Å²) in [5, 5.41) is 0. The number of hydrogen-bond acceptors (Lipinski definition) is 3. The van der Waals surface area contributed by atoms with Crippen molar-refractivity contribution in [2.75, 3.05) is 13.6 Å². The van der Waals surface area contributed by atoms with Crippen LogP contribution in [0, 0.1) is 0 Å². The summed E-state index contributed by atoms with van der Waals surface area (Å²) in [4.78, 5) is 8.72. The molecule has 0 fully saturated rings. The monoisotopic (exact) mass is 429 g/mol. The van der Waals surface area contributed by atoms with Gasteiger partial charge in [-0.15, -0.1) is 0 Å². The normalized spacial score (nSPS) is 12.7. The van der Waals surface area contributed by atoms with Crippen LogP contribution in [-0.2, 0) is 11.2 Å². The molecule has 0 aliphatic rings. The first-order valence-electron chi connectivity index (χ1n) is 7.38. The van der Waals surface area contributed by atoms with Crippen LogP contribution >= 0.6 is 15.9 Å². The van der Waals surface area contributed by atoms with Crippen molar-refractivity contribution in [2.45, 2.75) is 43.7 Å². The van der Waals surface area contributed by atoms with E-state index in [1.807, 2.05) is 0 Å². The minimum absolute atomic E-state index is 0.338. The van der Waals surface area contributed by atoms with Crippen molar-refractivity contribution >= 4 is 22.0 Å². The van der Waals surface area contributed by atoms with E-state index in [0.717, 1.165) is 17.7 Å². The summed E-state index contributed by atoms with van der Waals surface area (Å²) in [7, 11) is 1.57. The summed E-state index contributed by atoms with van der Waals surface area (Å²) in [5.74, 6) is -0.395. The number of amides is 1. The number of nitrogens with zero attached hydrogens (tertiary/aromatic N) is 1. The maximum atomic E-state index is 13.1. The Hall–Kier alpha value is -1.51. The topological polar surface area (TPSA) is 38.8 Å². The molecule has 1 aromatic rings. The van der Waals surface area contributed by atoms with Crippen LogP contribution in [0.4, 0.5) is 22.4 Å². The van der Waals surface area contributed by atoms with Crippen molar-refractivity contribution in [1.29, 1.82) is 0 Å². The molecular weight excluding hydrogens is 410 g/mol. The highest BCUT2D eigenvalue weighted by Gasteiger charge is 2.57. The summed E-state index contributed by atoms with van der Waals surface area (Å²) < 4.78 is 60.8. The third kappa shape index (κ3) is 7.09. The minimum atomic E-state index is -4.68. The van der Waals surface area contributed by atoms with Gasteiger partial charge < -0.3 is 14.4 Å². The molecule has 0 aliphatic heterocycles. The summed E-state index contributed by atoms with van der Waals surface area (Å²) in [5.41, 5.74) is 0.115. The van der Waals surface area contributed by atoms with Gasteiger partial charge in [-0.25, -0.2) is 4.79 Å². The molecule has 4 nitrogen and oxygen atoms in total. The molecule has 0 saturated carbocycles. The van der Waals surface area contributed by atoms with Crippen molar-refractivity contribution < 1.29 is 31.8 Å². The van der Waals surface area contributed by atoms with Crippen molar-refractivity contribution in [3.05, 3.63) is 29.8 Å². The molecule has 0 bridgehead atoms. The van der Waals surface area contributed by atoms with E-state index in [1.54, 1.807) is 43.7 Å². The zero-order chi connectivity index (χ0) is 19.5. The predicted molar refractivity (Wildman–Crippen MR) is 88.5 cm³/mol. The average Bonchev–Trinajstić information content (AvgIpc) is 2.42. The first kappa shape index (κ1) is 21.5. The van der Waals surface area contributed by atoms with E-state index in [-0.39, 0.29) is 0 Å². The van der Waals surface area contributed by atoms with E-state index in [9.17, 15) is 22.4 Å². The van der Waals surface area contributed by atoms with Crippen LogP contribution < -0.4 is 4.74 Å². The lowest BCUT2D eigenvalue weighted by Crippen LogP contribution is -2.40. The zero-order valence-corrected chi connectivity index (χ0v) is 15.9. The maximum Gasteiger partial charge on any atom is 0.475 e. The van der Waals surface area contributed by atoms with Crippen LogP contribution in [-0.4, -0.2) is 41.1 Å². The Kier molecular flexibility index (Phi) is 6.72. The molecule has 9 heteroatoms. The summed E-state index contributed by atoms with van der Waals surface area (Å²) in [6, 6.07) is 5.24. The fourth-order valence-corrected chi connectivity index (χ4v) is 1.74. The van der Waals surface area contributed by atoms with E-state index >= 15 is 0 Å². The fraction of sp³-hybridized carbons (Fsp3) is 0.562. The number of hydrogen-bond donors (Lipinski definition) is 0. The van der Waals surface area contributed by atoms with E-state index in [0.29, 0.717) is 13.0 Å². The number of carbonyl (C=O) groups is 1. The Morgan fingerprint density at radius 1 is 1.12 bits per heavy atom. The Balaban J connectivity index is 2.59. The van der Waals surface area contributed by atoms with E-state index in [2.05, 4.69) is 4.74 Å². The van der Waals surface area contributed by atoms with Gasteiger partial charge in [-0.3, -0.25) is 0 Å². The van der Waals surface area contributed by atoms with Gasteiger partial charge >= 0.3 is 17.0 Å². The number of halogens is 5. The van der Waals surface area contributed by atoms with E-state index in [4.69, 9.17) is 4.74 Å². The first-order valence-corrected chi connectivity index (χ1v) is 8.17. The third-order valence-electron chi connectivity index (χ3n) is 2.94. The molecule has 25 heavy (non-hydrogen) atoms. The number of likely N-dealkylation sites (N-methyl/N-ethyl adjacent to an activating group) is 1. The molecule has 0 aliphatic carbocycles. The molecule has 0 saturated heterocycles.